The predicted molar refractivity (Wildman–Crippen MR) is 121 cm³/mol. The Morgan fingerprint density at radius 3 is 2.00 bits per heavy atom. The highest BCUT2D eigenvalue weighted by Gasteiger charge is 2.29. The van der Waals surface area contributed by atoms with Crippen molar-refractivity contribution in [2.75, 3.05) is 19.7 Å². The summed E-state index contributed by atoms with van der Waals surface area (Å²) in [6.45, 7) is 5.65. The van der Waals surface area contributed by atoms with E-state index in [-0.39, 0.29) is 37.4 Å². The Labute approximate surface area is 188 Å². The molecule has 170 valence electrons. The third-order valence-electron chi connectivity index (χ3n) is 5.96. The molecule has 3 N–H and O–H groups in total. The van der Waals surface area contributed by atoms with Gasteiger partial charge in [-0.2, -0.15) is 0 Å². The molecular formula is C25H30N2O5. The van der Waals surface area contributed by atoms with Crippen molar-refractivity contribution >= 4 is 18.0 Å². The Kier molecular flexibility index (Phi) is 7.51. The normalized spacial score (nSPS) is 14.2. The minimum atomic E-state index is -0.969. The summed E-state index contributed by atoms with van der Waals surface area (Å²) in [7, 11) is 0. The summed E-state index contributed by atoms with van der Waals surface area (Å²) in [6, 6.07) is 16.2. The van der Waals surface area contributed by atoms with Crippen LogP contribution in [-0.4, -0.2) is 42.8 Å². The van der Waals surface area contributed by atoms with E-state index in [0.717, 1.165) is 22.3 Å². The van der Waals surface area contributed by atoms with Gasteiger partial charge in [0.25, 0.3) is 0 Å². The lowest BCUT2D eigenvalue weighted by Crippen LogP contribution is -2.43. The molecule has 0 aliphatic heterocycles. The minimum Gasteiger partial charge on any atom is -0.481 e. The Bertz CT molecular complexity index is 942. The number of amides is 2. The highest BCUT2D eigenvalue weighted by atomic mass is 16.5. The van der Waals surface area contributed by atoms with E-state index in [1.54, 1.807) is 0 Å². The number of ether oxygens (including phenoxy) is 1. The van der Waals surface area contributed by atoms with Crippen molar-refractivity contribution in [3.8, 4) is 11.1 Å². The quantitative estimate of drug-likeness (QED) is 0.555. The smallest absolute Gasteiger partial charge is 0.407 e. The van der Waals surface area contributed by atoms with E-state index in [1.165, 1.54) is 6.92 Å². The number of carboxylic acid groups (broad SMARTS) is 1. The molecule has 0 spiro atoms. The van der Waals surface area contributed by atoms with Crippen molar-refractivity contribution < 1.29 is 24.2 Å². The summed E-state index contributed by atoms with van der Waals surface area (Å²) in [5.41, 5.74) is 4.58. The molecule has 1 aliphatic rings. The summed E-state index contributed by atoms with van der Waals surface area (Å²) in [4.78, 5) is 35.8. The predicted octanol–water partition coefficient (Wildman–Crippen LogP) is 3.63. The number of fused-ring (bicyclic) bond motifs is 3. The molecule has 0 bridgehead atoms. The monoisotopic (exact) mass is 438 g/mol. The first-order valence-corrected chi connectivity index (χ1v) is 10.9. The van der Waals surface area contributed by atoms with Crippen LogP contribution in [0.2, 0.25) is 0 Å². The van der Waals surface area contributed by atoms with Gasteiger partial charge in [0, 0.05) is 19.0 Å². The van der Waals surface area contributed by atoms with E-state index in [4.69, 9.17) is 9.84 Å². The van der Waals surface area contributed by atoms with Crippen LogP contribution in [0, 0.1) is 17.8 Å². The average Bonchev–Trinajstić information content (AvgIpc) is 3.09. The molecule has 2 aromatic rings. The van der Waals surface area contributed by atoms with Crippen molar-refractivity contribution in [3.63, 3.8) is 0 Å². The second-order valence-electron chi connectivity index (χ2n) is 8.54. The zero-order valence-electron chi connectivity index (χ0n) is 18.6. The van der Waals surface area contributed by atoms with Crippen LogP contribution in [0.25, 0.3) is 11.1 Å². The average molecular weight is 439 g/mol. The first kappa shape index (κ1) is 23.3. The number of carbonyl (C=O) groups is 3. The summed E-state index contributed by atoms with van der Waals surface area (Å²) < 4.78 is 5.52. The third-order valence-corrected chi connectivity index (χ3v) is 5.96. The number of carboxylic acids is 1. The Morgan fingerprint density at radius 1 is 0.906 bits per heavy atom. The van der Waals surface area contributed by atoms with Gasteiger partial charge in [0.05, 0.1) is 11.8 Å². The van der Waals surface area contributed by atoms with Crippen molar-refractivity contribution in [3.05, 3.63) is 59.7 Å². The number of rotatable bonds is 9. The second-order valence-corrected chi connectivity index (χ2v) is 8.54. The van der Waals surface area contributed by atoms with Crippen LogP contribution in [0.4, 0.5) is 4.79 Å². The Morgan fingerprint density at radius 2 is 1.47 bits per heavy atom. The van der Waals surface area contributed by atoms with Crippen molar-refractivity contribution in [2.24, 2.45) is 17.8 Å². The fourth-order valence-corrected chi connectivity index (χ4v) is 3.95. The number of aliphatic carboxylic acids is 1. The van der Waals surface area contributed by atoms with Gasteiger partial charge in [0.1, 0.15) is 6.61 Å². The molecule has 2 atom stereocenters. The highest BCUT2D eigenvalue weighted by molar-refractivity contribution is 5.81. The standard InChI is InChI=1S/C25H30N2O5/c1-15(2)21(23(28)26-12-16(3)24(29)30)13-27-25(31)32-14-22-19-10-6-4-8-17(19)18-9-5-7-11-20(18)22/h4-11,15-16,21-22H,12-14H2,1-3H3,(H,26,28)(H,27,31)(H,29,30). The van der Waals surface area contributed by atoms with E-state index in [9.17, 15) is 14.4 Å². The first-order chi connectivity index (χ1) is 15.3. The zero-order chi connectivity index (χ0) is 23.3. The molecule has 2 unspecified atom stereocenters. The van der Waals surface area contributed by atoms with Crippen molar-refractivity contribution in [1.82, 2.24) is 10.6 Å². The third kappa shape index (κ3) is 5.28. The van der Waals surface area contributed by atoms with Crippen molar-refractivity contribution in [1.29, 1.82) is 0 Å². The maximum Gasteiger partial charge on any atom is 0.407 e. The molecule has 0 saturated carbocycles. The van der Waals surface area contributed by atoms with Crippen LogP contribution in [-0.2, 0) is 14.3 Å². The summed E-state index contributed by atoms with van der Waals surface area (Å²) in [6.07, 6.45) is -0.579. The highest BCUT2D eigenvalue weighted by Crippen LogP contribution is 2.44. The number of alkyl carbamates (subject to hydrolysis) is 1. The van der Waals surface area contributed by atoms with Crippen LogP contribution < -0.4 is 10.6 Å². The fraction of sp³-hybridized carbons (Fsp3) is 0.400. The van der Waals surface area contributed by atoms with Crippen molar-refractivity contribution in [2.45, 2.75) is 26.7 Å². The molecule has 2 aromatic carbocycles. The molecule has 7 heteroatoms. The topological polar surface area (TPSA) is 105 Å². The van der Waals surface area contributed by atoms with Crippen LogP contribution in [0.5, 0.6) is 0 Å². The largest absolute Gasteiger partial charge is 0.481 e. The summed E-state index contributed by atoms with van der Waals surface area (Å²) in [5, 5.41) is 14.3. The van der Waals surface area contributed by atoms with Crippen LogP contribution in [0.3, 0.4) is 0 Å². The number of nitrogens with one attached hydrogen (secondary N) is 2. The molecule has 0 fully saturated rings. The van der Waals surface area contributed by atoms with E-state index in [1.807, 2.05) is 38.1 Å². The Hall–Kier alpha value is -3.35. The Balaban J connectivity index is 1.55. The summed E-state index contributed by atoms with van der Waals surface area (Å²) >= 11 is 0. The van der Waals surface area contributed by atoms with Crippen LogP contribution >= 0.6 is 0 Å². The molecule has 1 aliphatic carbocycles. The molecule has 0 heterocycles. The second kappa shape index (κ2) is 10.3. The SMILES string of the molecule is CC(CNC(=O)C(CNC(=O)OCC1c2ccccc2-c2ccccc21)C(C)C)C(=O)O. The molecule has 2 amide bonds. The number of carbonyl (C=O) groups excluding carboxylic acids is 2. The molecule has 3 rings (SSSR count). The molecular weight excluding hydrogens is 408 g/mol. The number of hydrogen-bond acceptors (Lipinski definition) is 4. The van der Waals surface area contributed by atoms with Gasteiger partial charge in [0.15, 0.2) is 0 Å². The van der Waals surface area contributed by atoms with E-state index >= 15 is 0 Å². The maximum absolute atomic E-state index is 12.5. The fourth-order valence-electron chi connectivity index (χ4n) is 3.95. The van der Waals surface area contributed by atoms with Gasteiger partial charge in [0.2, 0.25) is 5.91 Å². The van der Waals surface area contributed by atoms with E-state index in [2.05, 4.69) is 34.9 Å². The molecule has 7 nitrogen and oxygen atoms in total. The molecule has 0 radical (unpaired) electrons. The lowest BCUT2D eigenvalue weighted by atomic mass is 9.94. The maximum atomic E-state index is 12.5. The van der Waals surface area contributed by atoms with Gasteiger partial charge < -0.3 is 20.5 Å². The number of benzene rings is 2. The van der Waals surface area contributed by atoms with Crippen LogP contribution in [0.1, 0.15) is 37.8 Å². The molecule has 0 aromatic heterocycles. The van der Waals surface area contributed by atoms with Gasteiger partial charge in [-0.3, -0.25) is 9.59 Å². The van der Waals surface area contributed by atoms with Gasteiger partial charge in [-0.05, 0) is 28.2 Å². The lowest BCUT2D eigenvalue weighted by molar-refractivity contribution is -0.141. The van der Waals surface area contributed by atoms with Gasteiger partial charge in [-0.1, -0.05) is 69.3 Å². The molecule has 0 saturated heterocycles. The van der Waals surface area contributed by atoms with Crippen LogP contribution in [0.15, 0.2) is 48.5 Å². The van der Waals surface area contributed by atoms with Gasteiger partial charge >= 0.3 is 12.1 Å². The lowest BCUT2D eigenvalue weighted by Gasteiger charge is -2.21. The molecule has 32 heavy (non-hydrogen) atoms. The zero-order valence-corrected chi connectivity index (χ0v) is 18.6. The number of hydrogen-bond donors (Lipinski definition) is 3. The van der Waals surface area contributed by atoms with E-state index < -0.39 is 23.9 Å². The minimum absolute atomic E-state index is 0.0325. The summed E-state index contributed by atoms with van der Waals surface area (Å²) in [5.74, 6) is -2.49. The first-order valence-electron chi connectivity index (χ1n) is 10.9. The van der Waals surface area contributed by atoms with Gasteiger partial charge in [-0.15, -0.1) is 0 Å². The van der Waals surface area contributed by atoms with Gasteiger partial charge in [-0.25, -0.2) is 4.79 Å². The van der Waals surface area contributed by atoms with E-state index in [0.29, 0.717) is 0 Å².